The lowest BCUT2D eigenvalue weighted by atomic mass is 10.1. The molecule has 8 heteroatoms. The molecular weight excluding hydrogens is 384 g/mol. The van der Waals surface area contributed by atoms with Crippen molar-refractivity contribution < 1.29 is 19.1 Å². The highest BCUT2D eigenvalue weighted by atomic mass is 16.5. The third-order valence-electron chi connectivity index (χ3n) is 4.60. The highest BCUT2D eigenvalue weighted by molar-refractivity contribution is 6.03. The minimum absolute atomic E-state index is 0.0940. The van der Waals surface area contributed by atoms with Gasteiger partial charge < -0.3 is 14.8 Å². The van der Waals surface area contributed by atoms with Gasteiger partial charge in [-0.1, -0.05) is 13.8 Å². The summed E-state index contributed by atoms with van der Waals surface area (Å²) in [6, 6.07) is 8.69. The summed E-state index contributed by atoms with van der Waals surface area (Å²) >= 11 is 0. The van der Waals surface area contributed by atoms with E-state index >= 15 is 0 Å². The molecule has 1 amide bonds. The fourth-order valence-electron chi connectivity index (χ4n) is 2.96. The summed E-state index contributed by atoms with van der Waals surface area (Å²) in [7, 11) is 1.57. The molecule has 0 spiro atoms. The first-order valence-electron chi connectivity index (χ1n) is 9.79. The highest BCUT2D eigenvalue weighted by Gasteiger charge is 2.20. The number of nitrogens with zero attached hydrogens (tertiary/aromatic N) is 3. The average Bonchev–Trinajstić information content (AvgIpc) is 3.16. The minimum Gasteiger partial charge on any atom is -0.497 e. The lowest BCUT2D eigenvalue weighted by Crippen LogP contribution is -2.21. The standard InChI is InChI=1S/C22H26N4O4/c1-13(2)19-10-17(18-11-23-26(14(3)4)21(18)25-19)22(28)30-12-20(27)24-15-6-8-16(29-5)9-7-15/h6-11,13-14H,12H2,1-5H3,(H,24,27). The number of hydrogen-bond donors (Lipinski definition) is 1. The molecule has 0 aliphatic rings. The molecule has 0 atom stereocenters. The van der Waals surface area contributed by atoms with Crippen LogP contribution in [0.25, 0.3) is 11.0 Å². The fourth-order valence-corrected chi connectivity index (χ4v) is 2.96. The molecule has 1 N–H and O–H groups in total. The summed E-state index contributed by atoms with van der Waals surface area (Å²) in [5.74, 6) is -0.211. The maximum atomic E-state index is 12.8. The van der Waals surface area contributed by atoms with Crippen molar-refractivity contribution in [3.63, 3.8) is 0 Å². The van der Waals surface area contributed by atoms with Gasteiger partial charge in [-0.3, -0.25) is 4.79 Å². The van der Waals surface area contributed by atoms with E-state index in [9.17, 15) is 9.59 Å². The van der Waals surface area contributed by atoms with E-state index in [-0.39, 0.29) is 12.0 Å². The molecule has 1 aromatic carbocycles. The number of hydrogen-bond acceptors (Lipinski definition) is 6. The Kier molecular flexibility index (Phi) is 6.34. The van der Waals surface area contributed by atoms with Gasteiger partial charge in [-0.25, -0.2) is 14.5 Å². The number of carbonyl (C=O) groups is 2. The molecule has 158 valence electrons. The Balaban J connectivity index is 1.76. The van der Waals surface area contributed by atoms with E-state index in [1.54, 1.807) is 48.3 Å². The van der Waals surface area contributed by atoms with E-state index in [1.807, 2.05) is 27.7 Å². The monoisotopic (exact) mass is 410 g/mol. The number of pyridine rings is 1. The van der Waals surface area contributed by atoms with Gasteiger partial charge in [-0.15, -0.1) is 0 Å². The molecule has 0 saturated heterocycles. The molecule has 0 bridgehead atoms. The number of fused-ring (bicyclic) bond motifs is 1. The zero-order chi connectivity index (χ0) is 21.8. The Bertz CT molecular complexity index is 1050. The van der Waals surface area contributed by atoms with Crippen LogP contribution in [0.2, 0.25) is 0 Å². The maximum Gasteiger partial charge on any atom is 0.339 e. The minimum atomic E-state index is -0.586. The van der Waals surface area contributed by atoms with Crippen molar-refractivity contribution in [2.24, 2.45) is 0 Å². The number of anilines is 1. The summed E-state index contributed by atoms with van der Waals surface area (Å²) in [6.07, 6.45) is 1.61. The van der Waals surface area contributed by atoms with Crippen molar-refractivity contribution in [1.82, 2.24) is 14.8 Å². The van der Waals surface area contributed by atoms with Crippen LogP contribution in [0.1, 0.15) is 55.7 Å². The van der Waals surface area contributed by atoms with Crippen LogP contribution in [0.4, 0.5) is 5.69 Å². The first-order chi connectivity index (χ1) is 14.3. The van der Waals surface area contributed by atoms with Gasteiger partial charge in [0.05, 0.1) is 24.3 Å². The molecule has 8 nitrogen and oxygen atoms in total. The summed E-state index contributed by atoms with van der Waals surface area (Å²) in [4.78, 5) is 29.6. The Morgan fingerprint density at radius 2 is 1.83 bits per heavy atom. The molecule has 0 unspecified atom stereocenters. The summed E-state index contributed by atoms with van der Waals surface area (Å²) in [5.41, 5.74) is 2.33. The quantitative estimate of drug-likeness (QED) is 0.593. The van der Waals surface area contributed by atoms with Gasteiger partial charge in [-0.05, 0) is 50.1 Å². The van der Waals surface area contributed by atoms with E-state index in [4.69, 9.17) is 9.47 Å². The van der Waals surface area contributed by atoms with Crippen molar-refractivity contribution in [2.75, 3.05) is 19.0 Å². The number of benzene rings is 1. The number of nitrogens with one attached hydrogen (secondary N) is 1. The van der Waals surface area contributed by atoms with E-state index in [2.05, 4.69) is 15.4 Å². The second-order valence-electron chi connectivity index (χ2n) is 7.52. The predicted molar refractivity (Wildman–Crippen MR) is 114 cm³/mol. The highest BCUT2D eigenvalue weighted by Crippen LogP contribution is 2.25. The Morgan fingerprint density at radius 3 is 2.43 bits per heavy atom. The topological polar surface area (TPSA) is 95.3 Å². The van der Waals surface area contributed by atoms with Gasteiger partial charge in [0.2, 0.25) is 0 Å². The summed E-state index contributed by atoms with van der Waals surface area (Å²) < 4.78 is 12.1. The molecule has 0 radical (unpaired) electrons. The zero-order valence-electron chi connectivity index (χ0n) is 17.8. The molecule has 3 rings (SSSR count). The first kappa shape index (κ1) is 21.3. The van der Waals surface area contributed by atoms with E-state index in [0.29, 0.717) is 28.0 Å². The third kappa shape index (κ3) is 4.59. The van der Waals surface area contributed by atoms with Crippen LogP contribution in [0, 0.1) is 0 Å². The third-order valence-corrected chi connectivity index (χ3v) is 4.60. The number of aromatic nitrogens is 3. The SMILES string of the molecule is COc1ccc(NC(=O)COC(=O)c2cc(C(C)C)nc3c2cnn3C(C)C)cc1. The van der Waals surface area contributed by atoms with Gasteiger partial charge in [0.1, 0.15) is 5.75 Å². The molecule has 0 saturated carbocycles. The summed E-state index contributed by atoms with van der Waals surface area (Å²) in [5, 5.41) is 7.65. The number of esters is 1. The van der Waals surface area contributed by atoms with Crippen molar-refractivity contribution in [3.8, 4) is 5.75 Å². The van der Waals surface area contributed by atoms with Gasteiger partial charge in [0.25, 0.3) is 5.91 Å². The molecule has 3 aromatic rings. The van der Waals surface area contributed by atoms with Crippen molar-refractivity contribution in [2.45, 2.75) is 39.7 Å². The molecule has 2 aromatic heterocycles. The maximum absolute atomic E-state index is 12.8. The van der Waals surface area contributed by atoms with Gasteiger partial charge in [0, 0.05) is 17.4 Å². The lowest BCUT2D eigenvalue weighted by Gasteiger charge is -2.12. The van der Waals surface area contributed by atoms with Crippen molar-refractivity contribution in [1.29, 1.82) is 0 Å². The number of rotatable bonds is 7. The predicted octanol–water partition coefficient (Wildman–Crippen LogP) is 3.94. The number of ether oxygens (including phenoxy) is 2. The zero-order valence-corrected chi connectivity index (χ0v) is 17.8. The largest absolute Gasteiger partial charge is 0.497 e. The van der Waals surface area contributed by atoms with Crippen LogP contribution in [0.5, 0.6) is 5.75 Å². The van der Waals surface area contributed by atoms with E-state index < -0.39 is 18.5 Å². The second kappa shape index (κ2) is 8.94. The normalized spacial score (nSPS) is 11.2. The fraction of sp³-hybridized carbons (Fsp3) is 0.364. The number of methoxy groups -OCH3 is 1. The lowest BCUT2D eigenvalue weighted by molar-refractivity contribution is -0.119. The number of amides is 1. The smallest absolute Gasteiger partial charge is 0.339 e. The van der Waals surface area contributed by atoms with E-state index in [0.717, 1.165) is 5.69 Å². The molecule has 0 fully saturated rings. The second-order valence-corrected chi connectivity index (χ2v) is 7.52. The van der Waals surface area contributed by atoms with Crippen LogP contribution in [0.15, 0.2) is 36.5 Å². The molecular formula is C22H26N4O4. The molecule has 30 heavy (non-hydrogen) atoms. The number of carbonyl (C=O) groups excluding carboxylic acids is 2. The Labute approximate surface area is 175 Å². The summed E-state index contributed by atoms with van der Waals surface area (Å²) in [6.45, 7) is 7.60. The van der Waals surface area contributed by atoms with Crippen LogP contribution in [0.3, 0.4) is 0 Å². The van der Waals surface area contributed by atoms with Crippen LogP contribution < -0.4 is 10.1 Å². The van der Waals surface area contributed by atoms with Gasteiger partial charge in [-0.2, -0.15) is 5.10 Å². The Hall–Kier alpha value is -3.42. The van der Waals surface area contributed by atoms with Crippen molar-refractivity contribution >= 4 is 28.6 Å². The van der Waals surface area contributed by atoms with Gasteiger partial charge in [0.15, 0.2) is 12.3 Å². The average molecular weight is 410 g/mol. The first-order valence-corrected chi connectivity index (χ1v) is 9.79. The van der Waals surface area contributed by atoms with Crippen LogP contribution >= 0.6 is 0 Å². The van der Waals surface area contributed by atoms with E-state index in [1.165, 1.54) is 0 Å². The molecule has 2 heterocycles. The van der Waals surface area contributed by atoms with Gasteiger partial charge >= 0.3 is 5.97 Å². The Morgan fingerprint density at radius 1 is 1.13 bits per heavy atom. The molecule has 0 aliphatic heterocycles. The molecule has 0 aliphatic carbocycles. The van der Waals surface area contributed by atoms with Crippen LogP contribution in [-0.4, -0.2) is 40.4 Å². The van der Waals surface area contributed by atoms with Crippen LogP contribution in [-0.2, 0) is 9.53 Å². The van der Waals surface area contributed by atoms with Crippen molar-refractivity contribution in [3.05, 3.63) is 47.8 Å².